The van der Waals surface area contributed by atoms with Gasteiger partial charge in [-0.2, -0.15) is 0 Å². The van der Waals surface area contributed by atoms with Crippen molar-refractivity contribution in [1.82, 2.24) is 9.88 Å². The van der Waals surface area contributed by atoms with Crippen molar-refractivity contribution in [2.45, 2.75) is 31.8 Å². The van der Waals surface area contributed by atoms with E-state index in [0.29, 0.717) is 18.8 Å². The number of likely N-dealkylation sites (tertiary alicyclic amines) is 1. The maximum Gasteiger partial charge on any atom is 0.270 e. The first kappa shape index (κ1) is 15.8. The number of ether oxygens (including phenoxy) is 2. The van der Waals surface area contributed by atoms with Crippen LogP contribution in [0.4, 0.5) is 0 Å². The van der Waals surface area contributed by atoms with Crippen molar-refractivity contribution in [3.8, 4) is 5.75 Å². The second kappa shape index (κ2) is 6.20. The highest BCUT2D eigenvalue weighted by Crippen LogP contribution is 2.33. The van der Waals surface area contributed by atoms with Gasteiger partial charge in [0.1, 0.15) is 5.69 Å². The lowest BCUT2D eigenvalue weighted by molar-refractivity contribution is -0.0522. The summed E-state index contributed by atoms with van der Waals surface area (Å²) < 4.78 is 10.9. The van der Waals surface area contributed by atoms with Crippen molar-refractivity contribution in [1.29, 1.82) is 0 Å². The van der Waals surface area contributed by atoms with Gasteiger partial charge in [0.25, 0.3) is 5.91 Å². The predicted molar refractivity (Wildman–Crippen MR) is 85.8 cm³/mol. The number of H-pyrrole nitrogens is 1. The predicted octanol–water partition coefficient (Wildman–Crippen LogP) is 1.72. The molecule has 0 aromatic carbocycles. The lowest BCUT2D eigenvalue weighted by atomic mass is 9.87. The number of pyridine rings is 1. The summed E-state index contributed by atoms with van der Waals surface area (Å²) in [5.41, 5.74) is 1.14. The fourth-order valence-corrected chi connectivity index (χ4v) is 3.27. The van der Waals surface area contributed by atoms with Gasteiger partial charge in [-0.25, -0.2) is 0 Å². The Morgan fingerprint density at radius 2 is 2.13 bits per heavy atom. The molecule has 1 aromatic heterocycles. The number of piperidine rings is 1. The normalized spacial score (nSPS) is 20.3. The van der Waals surface area contributed by atoms with Gasteiger partial charge < -0.3 is 19.4 Å². The van der Waals surface area contributed by atoms with E-state index < -0.39 is 0 Å². The first-order valence-corrected chi connectivity index (χ1v) is 7.91. The van der Waals surface area contributed by atoms with Crippen LogP contribution in [0.15, 0.2) is 28.7 Å². The topological polar surface area (TPSA) is 71.6 Å². The summed E-state index contributed by atoms with van der Waals surface area (Å²) in [5.74, 6) is 0.0477. The average Bonchev–Trinajstić information content (AvgIpc) is 2.55. The van der Waals surface area contributed by atoms with Crippen molar-refractivity contribution in [3.63, 3.8) is 0 Å². The van der Waals surface area contributed by atoms with Gasteiger partial charge in [-0.1, -0.05) is 11.6 Å². The van der Waals surface area contributed by atoms with Gasteiger partial charge in [0.2, 0.25) is 5.43 Å². The van der Waals surface area contributed by atoms with Crippen LogP contribution in [0, 0.1) is 0 Å². The Bertz CT molecular complexity index is 684. The van der Waals surface area contributed by atoms with Crippen LogP contribution in [0.3, 0.4) is 0 Å². The summed E-state index contributed by atoms with van der Waals surface area (Å²) in [6.45, 7) is 4.12. The van der Waals surface area contributed by atoms with Crippen molar-refractivity contribution in [2.24, 2.45) is 0 Å². The number of hydrogen-bond acceptors (Lipinski definition) is 4. The van der Waals surface area contributed by atoms with Crippen LogP contribution in [-0.4, -0.2) is 48.2 Å². The maximum absolute atomic E-state index is 12.5. The monoisotopic (exact) mass is 318 g/mol. The molecule has 6 nitrogen and oxygen atoms in total. The van der Waals surface area contributed by atoms with Crippen molar-refractivity contribution in [2.75, 3.05) is 26.8 Å². The van der Waals surface area contributed by atoms with Gasteiger partial charge in [0.05, 0.1) is 19.3 Å². The van der Waals surface area contributed by atoms with Gasteiger partial charge in [0, 0.05) is 25.4 Å². The summed E-state index contributed by atoms with van der Waals surface area (Å²) >= 11 is 0. The zero-order valence-electron chi connectivity index (χ0n) is 13.6. The molecule has 2 aliphatic heterocycles. The highest BCUT2D eigenvalue weighted by atomic mass is 16.5. The van der Waals surface area contributed by atoms with Gasteiger partial charge in [-0.15, -0.1) is 0 Å². The number of carbonyl (C=O) groups excluding carboxylic acids is 1. The molecule has 124 valence electrons. The molecule has 23 heavy (non-hydrogen) atoms. The molecule has 0 unspecified atom stereocenters. The molecule has 0 aliphatic carbocycles. The number of rotatable bonds is 2. The molecule has 1 spiro atoms. The van der Waals surface area contributed by atoms with Crippen LogP contribution in [0.1, 0.15) is 36.7 Å². The number of aromatic amines is 1. The third kappa shape index (κ3) is 3.17. The average molecular weight is 318 g/mol. The maximum atomic E-state index is 12.5. The molecule has 6 heteroatoms. The third-order valence-corrected chi connectivity index (χ3v) is 4.62. The first-order valence-electron chi connectivity index (χ1n) is 7.91. The number of nitrogens with one attached hydrogen (secondary N) is 1. The first-order chi connectivity index (χ1) is 11.0. The summed E-state index contributed by atoms with van der Waals surface area (Å²) in [4.78, 5) is 29.0. The number of hydrogen-bond donors (Lipinski definition) is 1. The summed E-state index contributed by atoms with van der Waals surface area (Å²) in [6, 6.07) is 1.30. The minimum Gasteiger partial charge on any atom is -0.491 e. The second-order valence-corrected chi connectivity index (χ2v) is 6.23. The Morgan fingerprint density at radius 3 is 2.74 bits per heavy atom. The van der Waals surface area contributed by atoms with Gasteiger partial charge in [0.15, 0.2) is 5.75 Å². The zero-order valence-corrected chi connectivity index (χ0v) is 13.6. The van der Waals surface area contributed by atoms with E-state index in [4.69, 9.17) is 9.47 Å². The molecule has 1 N–H and O–H groups in total. The molecule has 2 aliphatic rings. The summed E-state index contributed by atoms with van der Waals surface area (Å²) in [5, 5.41) is 0. The summed E-state index contributed by atoms with van der Waals surface area (Å²) in [7, 11) is 1.43. The number of carbonyl (C=O) groups is 1. The Labute approximate surface area is 135 Å². The van der Waals surface area contributed by atoms with E-state index in [1.54, 1.807) is 4.90 Å². The summed E-state index contributed by atoms with van der Waals surface area (Å²) in [6.07, 6.45) is 6.20. The molecular weight excluding hydrogens is 296 g/mol. The van der Waals surface area contributed by atoms with E-state index in [1.165, 1.54) is 24.9 Å². The van der Waals surface area contributed by atoms with Crippen molar-refractivity contribution in [3.05, 3.63) is 39.8 Å². The third-order valence-electron chi connectivity index (χ3n) is 4.62. The van der Waals surface area contributed by atoms with Crippen LogP contribution >= 0.6 is 0 Å². The Morgan fingerprint density at radius 1 is 1.39 bits per heavy atom. The number of aromatic nitrogens is 1. The molecule has 1 amide bonds. The smallest absolute Gasteiger partial charge is 0.270 e. The van der Waals surface area contributed by atoms with E-state index >= 15 is 0 Å². The molecule has 3 heterocycles. The fraction of sp³-hybridized carbons (Fsp3) is 0.529. The lowest BCUT2D eigenvalue weighted by Crippen LogP contribution is -2.48. The van der Waals surface area contributed by atoms with Crippen LogP contribution in [0.25, 0.3) is 0 Å². The van der Waals surface area contributed by atoms with Crippen LogP contribution in [0.2, 0.25) is 0 Å². The van der Waals surface area contributed by atoms with Gasteiger partial charge in [-0.05, 0) is 26.2 Å². The van der Waals surface area contributed by atoms with E-state index in [1.807, 2.05) is 0 Å². The molecule has 3 rings (SSSR count). The van der Waals surface area contributed by atoms with Crippen LogP contribution in [-0.2, 0) is 4.74 Å². The number of nitrogens with zero attached hydrogens (tertiary/aromatic N) is 1. The minimum atomic E-state index is -0.294. The molecule has 0 saturated carbocycles. The largest absolute Gasteiger partial charge is 0.491 e. The number of amides is 1. The molecule has 0 atom stereocenters. The van der Waals surface area contributed by atoms with E-state index in [-0.39, 0.29) is 22.7 Å². The molecule has 0 bridgehead atoms. The van der Waals surface area contributed by atoms with E-state index in [9.17, 15) is 9.59 Å². The minimum absolute atomic E-state index is 0.156. The van der Waals surface area contributed by atoms with E-state index in [2.05, 4.69) is 18.0 Å². The zero-order chi connectivity index (χ0) is 16.4. The Kier molecular flexibility index (Phi) is 4.26. The lowest BCUT2D eigenvalue weighted by Gasteiger charge is -2.42. The molecular formula is C17H22N2O4. The highest BCUT2D eigenvalue weighted by Gasteiger charge is 2.37. The van der Waals surface area contributed by atoms with Crippen molar-refractivity contribution >= 4 is 5.91 Å². The second-order valence-electron chi connectivity index (χ2n) is 6.23. The van der Waals surface area contributed by atoms with Crippen molar-refractivity contribution < 1.29 is 14.3 Å². The molecule has 0 radical (unpaired) electrons. The molecule has 1 saturated heterocycles. The van der Waals surface area contributed by atoms with Crippen LogP contribution < -0.4 is 10.2 Å². The highest BCUT2D eigenvalue weighted by molar-refractivity contribution is 5.92. The molecule has 1 fully saturated rings. The van der Waals surface area contributed by atoms with E-state index in [0.717, 1.165) is 25.9 Å². The van der Waals surface area contributed by atoms with Crippen LogP contribution in [0.5, 0.6) is 5.75 Å². The Balaban J connectivity index is 1.70. The van der Waals surface area contributed by atoms with Gasteiger partial charge >= 0.3 is 0 Å². The number of methoxy groups -OCH3 is 1. The SMILES string of the molecule is COc1c[nH]c(C(=O)N2CCC3(C=C(C)CCO3)CC2)cc1=O. The molecule has 1 aromatic rings. The fourth-order valence-electron chi connectivity index (χ4n) is 3.27. The quantitative estimate of drug-likeness (QED) is 0.843. The van der Waals surface area contributed by atoms with Gasteiger partial charge in [-0.3, -0.25) is 9.59 Å². The Hall–Kier alpha value is -2.08. The standard InChI is InChI=1S/C17H22N2O4/c1-12-3-8-23-17(10-12)4-6-19(7-5-17)16(21)13-9-14(20)15(22-2)11-18-13/h9-11H,3-8H2,1-2H3,(H,18,20).